The van der Waals surface area contributed by atoms with Crippen molar-refractivity contribution in [3.05, 3.63) is 59.8 Å². The number of benzene rings is 2. The lowest BCUT2D eigenvalue weighted by atomic mass is 9.97. The van der Waals surface area contributed by atoms with Crippen molar-refractivity contribution in [2.24, 2.45) is 5.92 Å². The van der Waals surface area contributed by atoms with E-state index in [9.17, 15) is 4.79 Å². The number of nitrogens with zero attached hydrogens (tertiary/aromatic N) is 1. The van der Waals surface area contributed by atoms with E-state index in [-0.39, 0.29) is 5.91 Å². The van der Waals surface area contributed by atoms with E-state index in [0.717, 1.165) is 36.4 Å². The van der Waals surface area contributed by atoms with E-state index < -0.39 is 0 Å². The molecule has 2 fully saturated rings. The molecule has 1 amide bonds. The molecule has 5 rings (SSSR count). The molecule has 0 bridgehead atoms. The molecule has 0 atom stereocenters. The summed E-state index contributed by atoms with van der Waals surface area (Å²) in [5.41, 5.74) is 5.58. The Morgan fingerprint density at radius 3 is 2.69 bits per heavy atom. The molecule has 2 aliphatic rings. The Morgan fingerprint density at radius 1 is 1.08 bits per heavy atom. The molecule has 1 N–H and O–H groups in total. The summed E-state index contributed by atoms with van der Waals surface area (Å²) >= 11 is 0. The molecule has 0 aliphatic heterocycles. The normalized spacial score (nSPS) is 16.8. The third-order valence-electron chi connectivity index (χ3n) is 5.65. The molecule has 3 heteroatoms. The number of aromatic nitrogens is 1. The summed E-state index contributed by atoms with van der Waals surface area (Å²) in [5, 5.41) is 4.36. The molecule has 2 aliphatic carbocycles. The average molecular weight is 344 g/mol. The standard InChI is InChI=1S/C23H24N2O/c1-15-2-5-19(23(26)24-20-7-8-20)13-21(15)17-6-9-22-18(12-17)10-11-25(22)14-16-3-4-16/h2,5-6,9-13,16,20H,3-4,7-8,14H2,1H3,(H,24,26). The van der Waals surface area contributed by atoms with Crippen LogP contribution >= 0.6 is 0 Å². The van der Waals surface area contributed by atoms with E-state index in [1.165, 1.54) is 34.9 Å². The lowest BCUT2D eigenvalue weighted by molar-refractivity contribution is 0.0951. The Balaban J connectivity index is 1.48. The number of rotatable bonds is 5. The summed E-state index contributed by atoms with van der Waals surface area (Å²) < 4.78 is 2.38. The Morgan fingerprint density at radius 2 is 1.92 bits per heavy atom. The molecular formula is C23H24N2O. The lowest BCUT2D eigenvalue weighted by Crippen LogP contribution is -2.25. The van der Waals surface area contributed by atoms with Crippen molar-refractivity contribution in [3.8, 4) is 11.1 Å². The quantitative estimate of drug-likeness (QED) is 0.700. The fourth-order valence-corrected chi connectivity index (χ4v) is 3.68. The lowest BCUT2D eigenvalue weighted by Gasteiger charge is -2.11. The van der Waals surface area contributed by atoms with Gasteiger partial charge in [0.25, 0.3) is 5.91 Å². The highest BCUT2D eigenvalue weighted by atomic mass is 16.1. The van der Waals surface area contributed by atoms with Crippen LogP contribution in [0.25, 0.3) is 22.0 Å². The highest BCUT2D eigenvalue weighted by molar-refractivity contribution is 5.96. The number of fused-ring (bicyclic) bond motifs is 1. The highest BCUT2D eigenvalue weighted by Crippen LogP contribution is 2.33. The van der Waals surface area contributed by atoms with Crippen LogP contribution in [0.3, 0.4) is 0 Å². The van der Waals surface area contributed by atoms with Crippen LogP contribution in [0.2, 0.25) is 0 Å². The smallest absolute Gasteiger partial charge is 0.251 e. The molecule has 132 valence electrons. The summed E-state index contributed by atoms with van der Waals surface area (Å²) in [6.07, 6.45) is 7.16. The number of nitrogens with one attached hydrogen (secondary N) is 1. The van der Waals surface area contributed by atoms with Gasteiger partial charge in [0.1, 0.15) is 0 Å². The van der Waals surface area contributed by atoms with Crippen LogP contribution in [0.1, 0.15) is 41.6 Å². The SMILES string of the molecule is Cc1ccc(C(=O)NC2CC2)cc1-c1ccc2c(ccn2CC2CC2)c1. The first kappa shape index (κ1) is 15.7. The summed E-state index contributed by atoms with van der Waals surface area (Å²) in [4.78, 5) is 12.4. The fourth-order valence-electron chi connectivity index (χ4n) is 3.68. The zero-order valence-corrected chi connectivity index (χ0v) is 15.2. The molecule has 0 radical (unpaired) electrons. The van der Waals surface area contributed by atoms with Gasteiger partial charge in [0, 0.05) is 35.2 Å². The Hall–Kier alpha value is -2.55. The van der Waals surface area contributed by atoms with E-state index in [1.54, 1.807) is 0 Å². The van der Waals surface area contributed by atoms with Crippen LogP contribution in [0.4, 0.5) is 0 Å². The molecule has 26 heavy (non-hydrogen) atoms. The van der Waals surface area contributed by atoms with Crippen LogP contribution < -0.4 is 5.32 Å². The zero-order valence-electron chi connectivity index (χ0n) is 15.2. The zero-order chi connectivity index (χ0) is 17.7. The first-order valence-corrected chi connectivity index (χ1v) is 9.68. The van der Waals surface area contributed by atoms with Crippen molar-refractivity contribution in [2.75, 3.05) is 0 Å². The molecule has 3 aromatic rings. The number of carbonyl (C=O) groups is 1. The largest absolute Gasteiger partial charge is 0.349 e. The number of hydrogen-bond acceptors (Lipinski definition) is 1. The molecule has 0 saturated heterocycles. The Labute approximate surface area is 154 Å². The summed E-state index contributed by atoms with van der Waals surface area (Å²) in [6, 6.07) is 15.3. The summed E-state index contributed by atoms with van der Waals surface area (Å²) in [7, 11) is 0. The van der Waals surface area contributed by atoms with Gasteiger partial charge in [-0.1, -0.05) is 12.1 Å². The van der Waals surface area contributed by atoms with Gasteiger partial charge in [-0.15, -0.1) is 0 Å². The summed E-state index contributed by atoms with van der Waals surface area (Å²) in [6.45, 7) is 3.25. The Kier molecular flexibility index (Phi) is 3.63. The predicted octanol–water partition coefficient (Wildman–Crippen LogP) is 4.92. The number of aryl methyl sites for hydroxylation is 1. The van der Waals surface area contributed by atoms with Crippen molar-refractivity contribution in [3.63, 3.8) is 0 Å². The molecule has 1 aromatic heterocycles. The van der Waals surface area contributed by atoms with Gasteiger partial charge in [-0.3, -0.25) is 4.79 Å². The van der Waals surface area contributed by atoms with Gasteiger partial charge in [0.05, 0.1) is 0 Å². The third-order valence-corrected chi connectivity index (χ3v) is 5.65. The van der Waals surface area contributed by atoms with E-state index in [1.807, 2.05) is 12.1 Å². The van der Waals surface area contributed by atoms with Crippen molar-refractivity contribution < 1.29 is 4.79 Å². The van der Waals surface area contributed by atoms with Gasteiger partial charge >= 0.3 is 0 Å². The molecule has 2 aromatic carbocycles. The molecule has 1 heterocycles. The highest BCUT2D eigenvalue weighted by Gasteiger charge is 2.24. The minimum atomic E-state index is 0.0467. The van der Waals surface area contributed by atoms with Gasteiger partial charge < -0.3 is 9.88 Å². The van der Waals surface area contributed by atoms with Crippen LogP contribution in [0.5, 0.6) is 0 Å². The van der Waals surface area contributed by atoms with Crippen molar-refractivity contribution in [1.29, 1.82) is 0 Å². The monoisotopic (exact) mass is 344 g/mol. The average Bonchev–Trinajstić information content (AvgIpc) is 3.56. The van der Waals surface area contributed by atoms with E-state index in [0.29, 0.717) is 6.04 Å². The Bertz CT molecular complexity index is 993. The maximum atomic E-state index is 12.4. The van der Waals surface area contributed by atoms with Crippen LogP contribution in [-0.4, -0.2) is 16.5 Å². The molecular weight excluding hydrogens is 320 g/mol. The van der Waals surface area contributed by atoms with E-state index in [4.69, 9.17) is 0 Å². The minimum Gasteiger partial charge on any atom is -0.349 e. The van der Waals surface area contributed by atoms with Gasteiger partial charge in [0.15, 0.2) is 0 Å². The second kappa shape index (κ2) is 6.01. The van der Waals surface area contributed by atoms with Crippen molar-refractivity contribution in [2.45, 2.75) is 45.2 Å². The fraction of sp³-hybridized carbons (Fsp3) is 0.348. The number of amides is 1. The third kappa shape index (κ3) is 3.03. The van der Waals surface area contributed by atoms with Crippen LogP contribution in [-0.2, 0) is 6.54 Å². The van der Waals surface area contributed by atoms with Gasteiger partial charge in [0.2, 0.25) is 0 Å². The molecule has 3 nitrogen and oxygen atoms in total. The van der Waals surface area contributed by atoms with Crippen molar-refractivity contribution >= 4 is 16.8 Å². The first-order chi connectivity index (χ1) is 12.7. The van der Waals surface area contributed by atoms with E-state index in [2.05, 4.69) is 53.3 Å². The van der Waals surface area contributed by atoms with Gasteiger partial charge in [-0.2, -0.15) is 0 Å². The minimum absolute atomic E-state index is 0.0467. The molecule has 2 saturated carbocycles. The number of carbonyl (C=O) groups excluding carboxylic acids is 1. The maximum absolute atomic E-state index is 12.4. The van der Waals surface area contributed by atoms with Crippen LogP contribution in [0, 0.1) is 12.8 Å². The molecule has 0 unspecified atom stereocenters. The second-order valence-corrected chi connectivity index (χ2v) is 7.96. The van der Waals surface area contributed by atoms with Gasteiger partial charge in [-0.05, 0) is 85.5 Å². The second-order valence-electron chi connectivity index (χ2n) is 7.96. The van der Waals surface area contributed by atoms with Gasteiger partial charge in [-0.25, -0.2) is 0 Å². The van der Waals surface area contributed by atoms with Crippen LogP contribution in [0.15, 0.2) is 48.7 Å². The first-order valence-electron chi connectivity index (χ1n) is 9.68. The molecule has 0 spiro atoms. The van der Waals surface area contributed by atoms with Crippen molar-refractivity contribution in [1.82, 2.24) is 9.88 Å². The topological polar surface area (TPSA) is 34.0 Å². The predicted molar refractivity (Wildman–Crippen MR) is 105 cm³/mol. The maximum Gasteiger partial charge on any atom is 0.251 e. The number of hydrogen-bond donors (Lipinski definition) is 1. The summed E-state index contributed by atoms with van der Waals surface area (Å²) in [5.74, 6) is 0.916. The van der Waals surface area contributed by atoms with E-state index >= 15 is 0 Å².